The van der Waals surface area contributed by atoms with E-state index in [1.54, 1.807) is 6.92 Å². The monoisotopic (exact) mass is 246 g/mol. The summed E-state index contributed by atoms with van der Waals surface area (Å²) in [6.45, 7) is 2.43. The first-order chi connectivity index (χ1) is 8.74. The van der Waals surface area contributed by atoms with Crippen LogP contribution in [0.2, 0.25) is 0 Å². The van der Waals surface area contributed by atoms with Gasteiger partial charge >= 0.3 is 0 Å². The summed E-state index contributed by atoms with van der Waals surface area (Å²) in [5.41, 5.74) is 1.06. The van der Waals surface area contributed by atoms with E-state index in [9.17, 15) is 4.79 Å². The van der Waals surface area contributed by atoms with Crippen molar-refractivity contribution in [1.82, 2.24) is 0 Å². The van der Waals surface area contributed by atoms with Crippen LogP contribution < -0.4 is 4.74 Å². The minimum atomic E-state index is 0.199. The molecule has 1 aliphatic carbocycles. The molecule has 0 atom stereocenters. The molecule has 0 bridgehead atoms. The first-order valence-electron chi connectivity index (χ1n) is 6.95. The zero-order valence-electron chi connectivity index (χ0n) is 11.2. The van der Waals surface area contributed by atoms with Crippen LogP contribution in [0.15, 0.2) is 24.3 Å². The maximum atomic E-state index is 11.0. The molecule has 0 spiro atoms. The fourth-order valence-electron chi connectivity index (χ4n) is 2.63. The lowest BCUT2D eigenvalue weighted by Gasteiger charge is -2.10. The largest absolute Gasteiger partial charge is 0.494 e. The summed E-state index contributed by atoms with van der Waals surface area (Å²) in [6.07, 6.45) is 7.23. The SMILES string of the molecule is CC(=O)Cc1ccc(OCCC2CCCC2)cc1. The molecule has 0 amide bonds. The third-order valence-corrected chi connectivity index (χ3v) is 3.65. The standard InChI is InChI=1S/C16H22O2/c1-13(17)12-15-6-8-16(9-7-15)18-11-10-14-4-2-3-5-14/h6-9,14H,2-5,10-12H2,1H3. The van der Waals surface area contributed by atoms with Gasteiger partial charge in [0, 0.05) is 6.42 Å². The normalized spacial score (nSPS) is 15.8. The molecule has 0 radical (unpaired) electrons. The van der Waals surface area contributed by atoms with Crippen molar-refractivity contribution in [3.8, 4) is 5.75 Å². The van der Waals surface area contributed by atoms with Crippen molar-refractivity contribution in [2.24, 2.45) is 5.92 Å². The van der Waals surface area contributed by atoms with Gasteiger partial charge in [-0.2, -0.15) is 0 Å². The summed E-state index contributed by atoms with van der Waals surface area (Å²) in [6, 6.07) is 7.89. The molecule has 0 heterocycles. The summed E-state index contributed by atoms with van der Waals surface area (Å²) in [7, 11) is 0. The Morgan fingerprint density at radius 1 is 1.22 bits per heavy atom. The zero-order chi connectivity index (χ0) is 12.8. The molecule has 0 aromatic heterocycles. The molecular weight excluding hydrogens is 224 g/mol. The van der Waals surface area contributed by atoms with E-state index in [4.69, 9.17) is 4.74 Å². The van der Waals surface area contributed by atoms with Crippen molar-refractivity contribution >= 4 is 5.78 Å². The number of carbonyl (C=O) groups excluding carboxylic acids is 1. The van der Waals surface area contributed by atoms with Gasteiger partial charge in [0.25, 0.3) is 0 Å². The van der Waals surface area contributed by atoms with E-state index in [1.807, 2.05) is 24.3 Å². The van der Waals surface area contributed by atoms with Gasteiger partial charge < -0.3 is 4.74 Å². The minimum absolute atomic E-state index is 0.199. The van der Waals surface area contributed by atoms with E-state index >= 15 is 0 Å². The van der Waals surface area contributed by atoms with Gasteiger partial charge in [0.05, 0.1) is 6.61 Å². The summed E-state index contributed by atoms with van der Waals surface area (Å²) < 4.78 is 5.74. The van der Waals surface area contributed by atoms with Gasteiger partial charge in [-0.25, -0.2) is 0 Å². The van der Waals surface area contributed by atoms with Gasteiger partial charge in [0.2, 0.25) is 0 Å². The maximum Gasteiger partial charge on any atom is 0.134 e. The molecule has 1 aliphatic rings. The van der Waals surface area contributed by atoms with Gasteiger partial charge in [-0.15, -0.1) is 0 Å². The van der Waals surface area contributed by atoms with Gasteiger partial charge in [-0.05, 0) is 37.0 Å². The predicted molar refractivity (Wildman–Crippen MR) is 72.9 cm³/mol. The van der Waals surface area contributed by atoms with Crippen molar-refractivity contribution < 1.29 is 9.53 Å². The Labute approximate surface area is 109 Å². The summed E-state index contributed by atoms with van der Waals surface area (Å²) in [4.78, 5) is 11.0. The van der Waals surface area contributed by atoms with Crippen molar-refractivity contribution in [2.45, 2.75) is 45.4 Å². The number of ketones is 1. The number of hydrogen-bond acceptors (Lipinski definition) is 2. The van der Waals surface area contributed by atoms with Crippen molar-refractivity contribution in [1.29, 1.82) is 0 Å². The fourth-order valence-corrected chi connectivity index (χ4v) is 2.63. The number of carbonyl (C=O) groups is 1. The van der Waals surface area contributed by atoms with Crippen molar-refractivity contribution in [3.05, 3.63) is 29.8 Å². The molecule has 0 aliphatic heterocycles. The maximum absolute atomic E-state index is 11.0. The Morgan fingerprint density at radius 3 is 2.50 bits per heavy atom. The Kier molecular flexibility index (Phi) is 4.80. The van der Waals surface area contributed by atoms with Crippen LogP contribution in [0.4, 0.5) is 0 Å². The van der Waals surface area contributed by atoms with E-state index in [2.05, 4.69) is 0 Å². The second-order valence-electron chi connectivity index (χ2n) is 5.31. The highest BCUT2D eigenvalue weighted by Crippen LogP contribution is 2.27. The molecule has 98 valence electrons. The molecule has 1 fully saturated rings. The van der Waals surface area contributed by atoms with E-state index in [1.165, 1.54) is 32.1 Å². The third kappa shape index (κ3) is 4.17. The summed E-state index contributed by atoms with van der Waals surface area (Å²) in [5.74, 6) is 1.99. The topological polar surface area (TPSA) is 26.3 Å². The van der Waals surface area contributed by atoms with E-state index < -0.39 is 0 Å². The summed E-state index contributed by atoms with van der Waals surface area (Å²) >= 11 is 0. The molecule has 1 aromatic rings. The molecule has 0 unspecified atom stereocenters. The average Bonchev–Trinajstić information content (AvgIpc) is 2.84. The average molecular weight is 246 g/mol. The number of Topliss-reactive ketones (excluding diaryl/α,β-unsaturated/α-hetero) is 1. The van der Waals surface area contributed by atoms with Crippen LogP contribution in [0.25, 0.3) is 0 Å². The summed E-state index contributed by atoms with van der Waals surface area (Å²) in [5, 5.41) is 0. The van der Waals surface area contributed by atoms with Crippen LogP contribution >= 0.6 is 0 Å². The van der Waals surface area contributed by atoms with Crippen LogP contribution in [0, 0.1) is 5.92 Å². The number of hydrogen-bond donors (Lipinski definition) is 0. The zero-order valence-corrected chi connectivity index (χ0v) is 11.2. The molecule has 0 N–H and O–H groups in total. The van der Waals surface area contributed by atoms with E-state index in [-0.39, 0.29) is 5.78 Å². The second-order valence-corrected chi connectivity index (χ2v) is 5.31. The Hall–Kier alpha value is -1.31. The quantitative estimate of drug-likeness (QED) is 0.763. The molecule has 2 nitrogen and oxygen atoms in total. The molecule has 1 saturated carbocycles. The highest BCUT2D eigenvalue weighted by molar-refractivity contribution is 5.78. The number of rotatable bonds is 6. The van der Waals surface area contributed by atoms with Gasteiger partial charge in [-0.3, -0.25) is 4.79 Å². The molecule has 2 rings (SSSR count). The Morgan fingerprint density at radius 2 is 1.89 bits per heavy atom. The molecule has 0 saturated heterocycles. The lowest BCUT2D eigenvalue weighted by molar-refractivity contribution is -0.116. The fraction of sp³-hybridized carbons (Fsp3) is 0.562. The van der Waals surface area contributed by atoms with Gasteiger partial charge in [0.1, 0.15) is 11.5 Å². The first-order valence-corrected chi connectivity index (χ1v) is 6.95. The highest BCUT2D eigenvalue weighted by atomic mass is 16.5. The predicted octanol–water partition coefficient (Wildman–Crippen LogP) is 3.78. The van der Waals surface area contributed by atoms with E-state index in [0.29, 0.717) is 6.42 Å². The number of ether oxygens (including phenoxy) is 1. The lowest BCUT2D eigenvalue weighted by atomic mass is 10.1. The molecule has 1 aromatic carbocycles. The van der Waals surface area contributed by atoms with Gasteiger partial charge in [-0.1, -0.05) is 37.8 Å². The first kappa shape index (κ1) is 13.1. The molecular formula is C16H22O2. The van der Waals surface area contributed by atoms with Crippen molar-refractivity contribution in [2.75, 3.05) is 6.61 Å². The van der Waals surface area contributed by atoms with Gasteiger partial charge in [0.15, 0.2) is 0 Å². The second kappa shape index (κ2) is 6.58. The minimum Gasteiger partial charge on any atom is -0.494 e. The van der Waals surface area contributed by atoms with Crippen LogP contribution in [0.5, 0.6) is 5.75 Å². The van der Waals surface area contributed by atoms with Crippen LogP contribution in [-0.2, 0) is 11.2 Å². The highest BCUT2D eigenvalue weighted by Gasteiger charge is 2.14. The van der Waals surface area contributed by atoms with Crippen molar-refractivity contribution in [3.63, 3.8) is 0 Å². The van der Waals surface area contributed by atoms with E-state index in [0.717, 1.165) is 23.8 Å². The van der Waals surface area contributed by atoms with Crippen LogP contribution in [-0.4, -0.2) is 12.4 Å². The molecule has 2 heteroatoms. The van der Waals surface area contributed by atoms with Crippen LogP contribution in [0.3, 0.4) is 0 Å². The van der Waals surface area contributed by atoms with Crippen LogP contribution in [0.1, 0.15) is 44.6 Å². The smallest absolute Gasteiger partial charge is 0.134 e. The third-order valence-electron chi connectivity index (χ3n) is 3.65. The number of benzene rings is 1. The lowest BCUT2D eigenvalue weighted by Crippen LogP contribution is -2.04. The Bertz CT molecular complexity index is 375. The Balaban J connectivity index is 1.73. The molecule has 18 heavy (non-hydrogen) atoms.